The zero-order valence-electron chi connectivity index (χ0n) is 10.2. The Hall–Kier alpha value is -2.54. The van der Waals surface area contributed by atoms with Crippen LogP contribution in [-0.4, -0.2) is 14.5 Å². The first-order chi connectivity index (χ1) is 8.72. The molecule has 0 aliphatic carbocycles. The largest absolute Gasteiger partial charge is 0.358 e. The van der Waals surface area contributed by atoms with Gasteiger partial charge >= 0.3 is 0 Å². The Labute approximate surface area is 105 Å². The van der Waals surface area contributed by atoms with E-state index in [1.54, 1.807) is 6.33 Å². The van der Waals surface area contributed by atoms with Crippen molar-refractivity contribution in [3.8, 4) is 17.3 Å². The van der Waals surface area contributed by atoms with Crippen molar-refractivity contribution in [2.75, 3.05) is 0 Å². The zero-order valence-corrected chi connectivity index (χ0v) is 10.2. The molecule has 0 amide bonds. The van der Waals surface area contributed by atoms with Gasteiger partial charge in [0, 0.05) is 29.2 Å². The van der Waals surface area contributed by atoms with Crippen LogP contribution in [0.15, 0.2) is 30.6 Å². The zero-order chi connectivity index (χ0) is 12.7. The van der Waals surface area contributed by atoms with E-state index in [4.69, 9.17) is 5.26 Å². The summed E-state index contributed by atoms with van der Waals surface area (Å²) in [6.45, 7) is 2.02. The van der Waals surface area contributed by atoms with E-state index in [-0.39, 0.29) is 0 Å². The first-order valence-corrected chi connectivity index (χ1v) is 5.71. The standard InChI is InChI=1S/C14H12N4/c1-9-13(10-5-3-4-6-11(10)17-9)14-12(7-15)16-8-18(14)2/h3-6,8,17H,1-2H3. The SMILES string of the molecule is Cc1[nH]c2ccccc2c1-c1c(C#N)ncn1C. The number of aromatic nitrogens is 3. The molecule has 1 aromatic carbocycles. The first-order valence-electron chi connectivity index (χ1n) is 5.71. The first kappa shape index (κ1) is 10.6. The number of aryl methyl sites for hydroxylation is 2. The van der Waals surface area contributed by atoms with Crippen molar-refractivity contribution in [3.05, 3.63) is 42.0 Å². The van der Waals surface area contributed by atoms with Crippen LogP contribution in [0.1, 0.15) is 11.4 Å². The smallest absolute Gasteiger partial charge is 0.166 e. The number of nitriles is 1. The molecule has 3 aromatic rings. The van der Waals surface area contributed by atoms with Crippen molar-refractivity contribution >= 4 is 10.9 Å². The number of benzene rings is 1. The highest BCUT2D eigenvalue weighted by Gasteiger charge is 2.17. The van der Waals surface area contributed by atoms with Crippen molar-refractivity contribution in [2.24, 2.45) is 7.05 Å². The fourth-order valence-corrected chi connectivity index (χ4v) is 2.39. The molecule has 0 unspecified atom stereocenters. The number of aromatic amines is 1. The van der Waals surface area contributed by atoms with Crippen molar-refractivity contribution in [1.29, 1.82) is 5.26 Å². The molecule has 0 bridgehead atoms. The number of para-hydroxylation sites is 1. The van der Waals surface area contributed by atoms with Gasteiger partial charge in [-0.2, -0.15) is 5.26 Å². The molecule has 88 valence electrons. The fourth-order valence-electron chi connectivity index (χ4n) is 2.39. The van der Waals surface area contributed by atoms with Crippen LogP contribution in [0.25, 0.3) is 22.2 Å². The lowest BCUT2D eigenvalue weighted by Crippen LogP contribution is -1.92. The normalized spacial score (nSPS) is 10.7. The van der Waals surface area contributed by atoms with Crippen LogP contribution in [0.5, 0.6) is 0 Å². The molecule has 0 saturated heterocycles. The van der Waals surface area contributed by atoms with E-state index in [0.717, 1.165) is 27.9 Å². The summed E-state index contributed by atoms with van der Waals surface area (Å²) in [6.07, 6.45) is 1.68. The molecule has 4 heteroatoms. The van der Waals surface area contributed by atoms with E-state index in [0.29, 0.717) is 5.69 Å². The summed E-state index contributed by atoms with van der Waals surface area (Å²) in [4.78, 5) is 7.47. The molecule has 18 heavy (non-hydrogen) atoms. The van der Waals surface area contributed by atoms with Crippen molar-refractivity contribution < 1.29 is 0 Å². The van der Waals surface area contributed by atoms with Gasteiger partial charge in [0.1, 0.15) is 6.07 Å². The van der Waals surface area contributed by atoms with Crippen LogP contribution in [0.3, 0.4) is 0 Å². The van der Waals surface area contributed by atoms with Crippen LogP contribution in [0.2, 0.25) is 0 Å². The average molecular weight is 236 g/mol. The third kappa shape index (κ3) is 1.34. The lowest BCUT2D eigenvalue weighted by molar-refractivity contribution is 0.921. The van der Waals surface area contributed by atoms with Crippen LogP contribution in [0.4, 0.5) is 0 Å². The molecule has 0 fully saturated rings. The number of H-pyrrole nitrogens is 1. The number of hydrogen-bond acceptors (Lipinski definition) is 2. The van der Waals surface area contributed by atoms with E-state index in [9.17, 15) is 0 Å². The highest BCUT2D eigenvalue weighted by atomic mass is 15.0. The van der Waals surface area contributed by atoms with Gasteiger partial charge in [0.05, 0.1) is 12.0 Å². The maximum Gasteiger partial charge on any atom is 0.166 e. The Balaban J connectivity index is 2.42. The number of nitrogens with zero attached hydrogens (tertiary/aromatic N) is 3. The highest BCUT2D eigenvalue weighted by molar-refractivity contribution is 5.97. The molecule has 1 N–H and O–H groups in total. The molecule has 0 spiro atoms. The fraction of sp³-hybridized carbons (Fsp3) is 0.143. The van der Waals surface area contributed by atoms with Gasteiger partial charge in [-0.1, -0.05) is 18.2 Å². The van der Waals surface area contributed by atoms with E-state index < -0.39 is 0 Å². The van der Waals surface area contributed by atoms with Crippen LogP contribution >= 0.6 is 0 Å². The second-order valence-corrected chi connectivity index (χ2v) is 4.34. The minimum absolute atomic E-state index is 0.463. The number of fused-ring (bicyclic) bond motifs is 1. The molecule has 0 aliphatic rings. The third-order valence-electron chi connectivity index (χ3n) is 3.17. The topological polar surface area (TPSA) is 57.4 Å². The van der Waals surface area contributed by atoms with Crippen LogP contribution < -0.4 is 0 Å². The molecular formula is C14H12N4. The Morgan fingerprint density at radius 1 is 1.33 bits per heavy atom. The molecule has 4 nitrogen and oxygen atoms in total. The van der Waals surface area contributed by atoms with Gasteiger partial charge in [0.2, 0.25) is 0 Å². The Kier molecular flexibility index (Phi) is 2.20. The summed E-state index contributed by atoms with van der Waals surface area (Å²) in [5.74, 6) is 0. The number of hydrogen-bond donors (Lipinski definition) is 1. The van der Waals surface area contributed by atoms with Gasteiger partial charge < -0.3 is 9.55 Å². The van der Waals surface area contributed by atoms with Gasteiger partial charge in [-0.05, 0) is 13.0 Å². The number of rotatable bonds is 1. The van der Waals surface area contributed by atoms with Gasteiger partial charge in [0.25, 0.3) is 0 Å². The third-order valence-corrected chi connectivity index (χ3v) is 3.17. The molecule has 0 radical (unpaired) electrons. The Morgan fingerprint density at radius 3 is 2.89 bits per heavy atom. The number of imidazole rings is 1. The summed E-state index contributed by atoms with van der Waals surface area (Å²) in [5.41, 5.74) is 4.52. The molecular weight excluding hydrogens is 224 g/mol. The van der Waals surface area contributed by atoms with Crippen molar-refractivity contribution in [1.82, 2.24) is 14.5 Å². The monoisotopic (exact) mass is 236 g/mol. The lowest BCUT2D eigenvalue weighted by Gasteiger charge is -2.03. The van der Waals surface area contributed by atoms with E-state index in [1.807, 2.05) is 36.7 Å². The average Bonchev–Trinajstić information content (AvgIpc) is 2.88. The summed E-state index contributed by atoms with van der Waals surface area (Å²) < 4.78 is 1.89. The van der Waals surface area contributed by atoms with Crippen molar-refractivity contribution in [2.45, 2.75) is 6.92 Å². The van der Waals surface area contributed by atoms with Crippen LogP contribution in [-0.2, 0) is 7.05 Å². The van der Waals surface area contributed by atoms with E-state index in [2.05, 4.69) is 22.1 Å². The van der Waals surface area contributed by atoms with E-state index in [1.165, 1.54) is 0 Å². The number of nitrogens with one attached hydrogen (secondary N) is 1. The molecule has 0 saturated carbocycles. The Morgan fingerprint density at radius 2 is 2.11 bits per heavy atom. The minimum atomic E-state index is 0.463. The quantitative estimate of drug-likeness (QED) is 0.706. The molecule has 3 rings (SSSR count). The molecule has 2 heterocycles. The predicted molar refractivity (Wildman–Crippen MR) is 70.0 cm³/mol. The molecule has 0 aliphatic heterocycles. The summed E-state index contributed by atoms with van der Waals surface area (Å²) >= 11 is 0. The van der Waals surface area contributed by atoms with Gasteiger partial charge in [-0.25, -0.2) is 4.98 Å². The Bertz CT molecular complexity index is 771. The lowest BCUT2D eigenvalue weighted by atomic mass is 10.1. The maximum atomic E-state index is 9.16. The van der Waals surface area contributed by atoms with E-state index >= 15 is 0 Å². The predicted octanol–water partition coefficient (Wildman–Crippen LogP) is 2.75. The minimum Gasteiger partial charge on any atom is -0.358 e. The van der Waals surface area contributed by atoms with Crippen LogP contribution in [0, 0.1) is 18.3 Å². The summed E-state index contributed by atoms with van der Waals surface area (Å²) in [7, 11) is 1.91. The maximum absolute atomic E-state index is 9.16. The molecule has 0 atom stereocenters. The van der Waals surface area contributed by atoms with Gasteiger partial charge in [-0.3, -0.25) is 0 Å². The highest BCUT2D eigenvalue weighted by Crippen LogP contribution is 2.33. The second kappa shape index (κ2) is 3.74. The summed E-state index contributed by atoms with van der Waals surface area (Å²) in [6, 6.07) is 10.2. The van der Waals surface area contributed by atoms with Gasteiger partial charge in [0.15, 0.2) is 5.69 Å². The molecule has 2 aromatic heterocycles. The summed E-state index contributed by atoms with van der Waals surface area (Å²) in [5, 5.41) is 10.3. The second-order valence-electron chi connectivity index (χ2n) is 4.34. The van der Waals surface area contributed by atoms with Gasteiger partial charge in [-0.15, -0.1) is 0 Å². The van der Waals surface area contributed by atoms with Crippen molar-refractivity contribution in [3.63, 3.8) is 0 Å².